The Morgan fingerprint density at radius 2 is 1.95 bits per heavy atom. The number of anilines is 1. The van der Waals surface area contributed by atoms with Crippen LogP contribution < -0.4 is 10.6 Å². The van der Waals surface area contributed by atoms with Crippen molar-refractivity contribution in [3.63, 3.8) is 0 Å². The van der Waals surface area contributed by atoms with E-state index in [4.69, 9.17) is 0 Å². The number of nitrogens with zero attached hydrogens (tertiary/aromatic N) is 4. The summed E-state index contributed by atoms with van der Waals surface area (Å²) in [4.78, 5) is 8.66. The lowest BCUT2D eigenvalue weighted by molar-refractivity contribution is 0.738. The molecule has 0 atom stereocenters. The van der Waals surface area contributed by atoms with Crippen molar-refractivity contribution in [1.82, 2.24) is 25.1 Å². The molecule has 1 aromatic carbocycles. The minimum atomic E-state index is 0.808. The summed E-state index contributed by atoms with van der Waals surface area (Å²) < 4.78 is 1.83. The van der Waals surface area contributed by atoms with E-state index >= 15 is 0 Å². The van der Waals surface area contributed by atoms with Gasteiger partial charge in [0.25, 0.3) is 0 Å². The Balaban J connectivity index is 1.89. The number of hydrogen-bond acceptors (Lipinski definition) is 5. The Morgan fingerprint density at radius 1 is 1.10 bits per heavy atom. The van der Waals surface area contributed by atoms with Crippen LogP contribution in [0.1, 0.15) is 6.92 Å². The van der Waals surface area contributed by atoms with Crippen molar-refractivity contribution < 1.29 is 0 Å². The molecule has 0 aliphatic carbocycles. The van der Waals surface area contributed by atoms with Crippen molar-refractivity contribution in [3.8, 4) is 5.69 Å². The van der Waals surface area contributed by atoms with E-state index in [1.165, 1.54) is 0 Å². The Morgan fingerprint density at radius 3 is 2.76 bits per heavy atom. The largest absolute Gasteiger partial charge is 0.368 e. The molecular formula is C15H18N6. The zero-order valence-corrected chi connectivity index (χ0v) is 12.0. The van der Waals surface area contributed by atoms with Crippen LogP contribution in [-0.2, 0) is 0 Å². The number of hydrogen-bond donors (Lipinski definition) is 2. The summed E-state index contributed by atoms with van der Waals surface area (Å²) in [5, 5.41) is 11.9. The van der Waals surface area contributed by atoms with Crippen LogP contribution in [0.2, 0.25) is 0 Å². The summed E-state index contributed by atoms with van der Waals surface area (Å²) in [6.07, 6.45) is 3.37. The van der Waals surface area contributed by atoms with Crippen LogP contribution in [0.3, 0.4) is 0 Å². The van der Waals surface area contributed by atoms with Gasteiger partial charge in [0.15, 0.2) is 5.65 Å². The minimum Gasteiger partial charge on any atom is -0.368 e. The van der Waals surface area contributed by atoms with Crippen LogP contribution in [-0.4, -0.2) is 39.4 Å². The smallest absolute Gasteiger partial charge is 0.168 e. The molecule has 0 fully saturated rings. The minimum absolute atomic E-state index is 0.808. The monoisotopic (exact) mass is 282 g/mol. The summed E-state index contributed by atoms with van der Waals surface area (Å²) in [5.74, 6) is 0.820. The molecule has 0 aliphatic heterocycles. The maximum Gasteiger partial charge on any atom is 0.168 e. The predicted molar refractivity (Wildman–Crippen MR) is 83.7 cm³/mol. The van der Waals surface area contributed by atoms with Crippen molar-refractivity contribution in [3.05, 3.63) is 42.9 Å². The van der Waals surface area contributed by atoms with Crippen LogP contribution in [0, 0.1) is 0 Å². The van der Waals surface area contributed by atoms with Gasteiger partial charge in [0.1, 0.15) is 12.1 Å². The van der Waals surface area contributed by atoms with E-state index in [-0.39, 0.29) is 0 Å². The number of benzene rings is 1. The molecule has 3 rings (SSSR count). The fourth-order valence-corrected chi connectivity index (χ4v) is 2.19. The zero-order chi connectivity index (χ0) is 14.5. The summed E-state index contributed by atoms with van der Waals surface area (Å²) >= 11 is 0. The molecule has 0 bridgehead atoms. The molecule has 2 aromatic heterocycles. The van der Waals surface area contributed by atoms with Crippen molar-refractivity contribution in [2.24, 2.45) is 0 Å². The molecule has 0 aliphatic rings. The standard InChI is InChI=1S/C15H18N6/c1-2-16-8-9-17-14-13-10-20-21(15(13)19-11-18-14)12-6-4-3-5-7-12/h3-7,10-11,16H,2,8-9H2,1H3,(H,17,18,19). The van der Waals surface area contributed by atoms with Gasteiger partial charge in [-0.05, 0) is 18.7 Å². The van der Waals surface area contributed by atoms with Crippen LogP contribution in [0.25, 0.3) is 16.7 Å². The number of para-hydroxylation sites is 1. The SMILES string of the molecule is CCNCCNc1ncnc2c1cnn2-c1ccccc1. The third-order valence-corrected chi connectivity index (χ3v) is 3.21. The van der Waals surface area contributed by atoms with E-state index in [9.17, 15) is 0 Å². The van der Waals surface area contributed by atoms with Crippen molar-refractivity contribution in [2.75, 3.05) is 25.0 Å². The summed E-state index contributed by atoms with van der Waals surface area (Å²) in [5.41, 5.74) is 1.80. The van der Waals surface area contributed by atoms with Gasteiger partial charge >= 0.3 is 0 Å². The van der Waals surface area contributed by atoms with E-state index < -0.39 is 0 Å². The lowest BCUT2D eigenvalue weighted by atomic mass is 10.3. The summed E-state index contributed by atoms with van der Waals surface area (Å²) in [7, 11) is 0. The highest BCUT2D eigenvalue weighted by atomic mass is 15.3. The van der Waals surface area contributed by atoms with Gasteiger partial charge in [0.05, 0.1) is 17.3 Å². The topological polar surface area (TPSA) is 67.7 Å². The van der Waals surface area contributed by atoms with Gasteiger partial charge in [-0.25, -0.2) is 14.6 Å². The second kappa shape index (κ2) is 6.32. The second-order valence-corrected chi connectivity index (χ2v) is 4.63. The molecule has 2 heterocycles. The zero-order valence-electron chi connectivity index (χ0n) is 12.0. The molecule has 0 unspecified atom stereocenters. The second-order valence-electron chi connectivity index (χ2n) is 4.63. The van der Waals surface area contributed by atoms with Gasteiger partial charge < -0.3 is 10.6 Å². The van der Waals surface area contributed by atoms with Crippen LogP contribution in [0.5, 0.6) is 0 Å². The van der Waals surface area contributed by atoms with Gasteiger partial charge in [-0.1, -0.05) is 25.1 Å². The van der Waals surface area contributed by atoms with Gasteiger partial charge in [-0.3, -0.25) is 0 Å². The third-order valence-electron chi connectivity index (χ3n) is 3.21. The first kappa shape index (κ1) is 13.5. The maximum absolute atomic E-state index is 4.43. The highest BCUT2D eigenvalue weighted by Gasteiger charge is 2.10. The first-order valence-corrected chi connectivity index (χ1v) is 7.09. The predicted octanol–water partition coefficient (Wildman–Crippen LogP) is 1.84. The molecule has 108 valence electrons. The van der Waals surface area contributed by atoms with Gasteiger partial charge in [0, 0.05) is 13.1 Å². The number of fused-ring (bicyclic) bond motifs is 1. The van der Waals surface area contributed by atoms with E-state index in [1.807, 2.05) is 35.0 Å². The normalized spacial score (nSPS) is 10.9. The van der Waals surface area contributed by atoms with E-state index in [1.54, 1.807) is 12.5 Å². The average Bonchev–Trinajstić information content (AvgIpc) is 2.97. The van der Waals surface area contributed by atoms with Gasteiger partial charge in [0.2, 0.25) is 0 Å². The van der Waals surface area contributed by atoms with Crippen LogP contribution in [0.4, 0.5) is 5.82 Å². The number of aromatic nitrogens is 4. The maximum atomic E-state index is 4.43. The van der Waals surface area contributed by atoms with Crippen molar-refractivity contribution >= 4 is 16.9 Å². The van der Waals surface area contributed by atoms with Crippen LogP contribution in [0.15, 0.2) is 42.9 Å². The van der Waals surface area contributed by atoms with E-state index in [0.29, 0.717) is 0 Å². The molecular weight excluding hydrogens is 264 g/mol. The molecule has 21 heavy (non-hydrogen) atoms. The Kier molecular flexibility index (Phi) is 4.07. The molecule has 0 saturated carbocycles. The molecule has 0 saturated heterocycles. The first-order valence-electron chi connectivity index (χ1n) is 7.09. The summed E-state index contributed by atoms with van der Waals surface area (Å²) in [6, 6.07) is 9.97. The van der Waals surface area contributed by atoms with Crippen molar-refractivity contribution in [1.29, 1.82) is 0 Å². The highest BCUT2D eigenvalue weighted by molar-refractivity contribution is 5.87. The number of likely N-dealkylation sites (N-methyl/N-ethyl adjacent to an activating group) is 1. The Bertz CT molecular complexity index is 707. The Hall–Kier alpha value is -2.47. The average molecular weight is 282 g/mol. The number of rotatable bonds is 6. The lowest BCUT2D eigenvalue weighted by Crippen LogP contribution is -2.22. The molecule has 3 aromatic rings. The van der Waals surface area contributed by atoms with Gasteiger partial charge in [-0.2, -0.15) is 5.10 Å². The number of nitrogens with one attached hydrogen (secondary N) is 2. The van der Waals surface area contributed by atoms with Gasteiger partial charge in [-0.15, -0.1) is 0 Å². The fraction of sp³-hybridized carbons (Fsp3) is 0.267. The Labute approximate surface area is 123 Å². The van der Waals surface area contributed by atoms with Crippen molar-refractivity contribution in [2.45, 2.75) is 6.92 Å². The van der Waals surface area contributed by atoms with E-state index in [2.05, 4.69) is 32.6 Å². The summed E-state index contributed by atoms with van der Waals surface area (Å²) in [6.45, 7) is 4.77. The molecule has 2 N–H and O–H groups in total. The third kappa shape index (κ3) is 2.85. The van der Waals surface area contributed by atoms with Crippen LogP contribution >= 0.6 is 0 Å². The lowest BCUT2D eigenvalue weighted by Gasteiger charge is -2.07. The van der Waals surface area contributed by atoms with E-state index in [0.717, 1.165) is 42.2 Å². The first-order chi connectivity index (χ1) is 10.4. The fourth-order valence-electron chi connectivity index (χ4n) is 2.19. The molecule has 6 nitrogen and oxygen atoms in total. The molecule has 0 amide bonds. The highest BCUT2D eigenvalue weighted by Crippen LogP contribution is 2.21. The molecule has 6 heteroatoms. The molecule has 0 radical (unpaired) electrons. The quantitative estimate of drug-likeness (QED) is 0.675. The molecule has 0 spiro atoms.